The number of piperazine rings is 1. The van der Waals surface area contributed by atoms with Gasteiger partial charge in [0.05, 0.1) is 16.4 Å². The molecule has 0 atom stereocenters. The van der Waals surface area contributed by atoms with Gasteiger partial charge < -0.3 is 5.32 Å². The largest absolute Gasteiger partial charge is 0.355 e. The first-order valence-electron chi connectivity index (χ1n) is 11.4. The van der Waals surface area contributed by atoms with E-state index in [-0.39, 0.29) is 36.1 Å². The molecule has 0 saturated carbocycles. The fraction of sp³-hybridized carbons (Fsp3) is 0.458. The van der Waals surface area contributed by atoms with E-state index in [2.05, 4.69) is 43.4 Å². The van der Waals surface area contributed by atoms with Crippen molar-refractivity contribution in [1.29, 1.82) is 0 Å². The number of non-ortho nitro benzene ring substituents is 1. The van der Waals surface area contributed by atoms with Gasteiger partial charge in [-0.15, -0.1) is 0 Å². The smallest absolute Gasteiger partial charge is 0.270 e. The molecule has 0 unspecified atom stereocenters. The number of nitrogens with zero attached hydrogens (tertiary/aromatic N) is 3. The highest BCUT2D eigenvalue weighted by Gasteiger charge is 2.31. The number of carbonyl (C=O) groups is 1. The Morgan fingerprint density at radius 1 is 1.09 bits per heavy atom. The summed E-state index contributed by atoms with van der Waals surface area (Å²) in [7, 11) is -3.85. The van der Waals surface area contributed by atoms with E-state index in [4.69, 9.17) is 0 Å². The summed E-state index contributed by atoms with van der Waals surface area (Å²) in [5, 5.41) is 14.0. The molecule has 0 radical (unpaired) electrons. The highest BCUT2D eigenvalue weighted by molar-refractivity contribution is 7.89. The molecule has 3 rings (SSSR count). The quantitative estimate of drug-likeness (QED) is 0.429. The summed E-state index contributed by atoms with van der Waals surface area (Å²) in [6.07, 6.45) is 0.749. The number of nitro benzene ring substituents is 1. The van der Waals surface area contributed by atoms with Crippen molar-refractivity contribution in [2.24, 2.45) is 0 Å². The van der Waals surface area contributed by atoms with E-state index in [0.29, 0.717) is 31.1 Å². The van der Waals surface area contributed by atoms with Crippen LogP contribution in [-0.2, 0) is 21.2 Å². The minimum Gasteiger partial charge on any atom is -0.355 e. The van der Waals surface area contributed by atoms with E-state index in [0.717, 1.165) is 12.5 Å². The Hall–Kier alpha value is -2.82. The molecule has 1 saturated heterocycles. The minimum absolute atomic E-state index is 0.0469. The average Bonchev–Trinajstić information content (AvgIpc) is 2.79. The van der Waals surface area contributed by atoms with Gasteiger partial charge in [0.15, 0.2) is 0 Å². The Kier molecular flexibility index (Phi) is 8.40. The lowest BCUT2D eigenvalue weighted by atomic mass is 10.0. The Balaban J connectivity index is 1.47. The van der Waals surface area contributed by atoms with E-state index in [1.165, 1.54) is 27.6 Å². The molecule has 2 aromatic carbocycles. The van der Waals surface area contributed by atoms with Gasteiger partial charge in [-0.05, 0) is 36.0 Å². The Bertz CT molecular complexity index is 1120. The van der Waals surface area contributed by atoms with Crippen LogP contribution in [0.3, 0.4) is 0 Å². The highest BCUT2D eigenvalue weighted by atomic mass is 32.2. The molecule has 1 aliphatic heterocycles. The first-order valence-corrected chi connectivity index (χ1v) is 12.8. The normalized spacial score (nSPS) is 15.4. The van der Waals surface area contributed by atoms with Gasteiger partial charge >= 0.3 is 0 Å². The molecule has 2 aromatic rings. The molecule has 1 fully saturated rings. The third kappa shape index (κ3) is 6.40. The van der Waals surface area contributed by atoms with Gasteiger partial charge in [0.1, 0.15) is 0 Å². The molecule has 34 heavy (non-hydrogen) atoms. The number of amides is 1. The minimum atomic E-state index is -3.85. The summed E-state index contributed by atoms with van der Waals surface area (Å²) in [5.41, 5.74) is 2.66. The molecule has 1 heterocycles. The molecular formula is C24H32N4O5S. The maximum absolute atomic E-state index is 13.1. The monoisotopic (exact) mass is 488 g/mol. The molecular weight excluding hydrogens is 456 g/mol. The van der Waals surface area contributed by atoms with E-state index < -0.39 is 14.9 Å². The number of hydrogen-bond acceptors (Lipinski definition) is 6. The van der Waals surface area contributed by atoms with Crippen LogP contribution in [0.2, 0.25) is 0 Å². The maximum Gasteiger partial charge on any atom is 0.270 e. The molecule has 0 aromatic heterocycles. The molecule has 184 valence electrons. The van der Waals surface area contributed by atoms with E-state index in [9.17, 15) is 23.3 Å². The van der Waals surface area contributed by atoms with E-state index in [1.807, 2.05) is 4.90 Å². The standard InChI is InChI=1S/C24H32N4O5S/c1-18(2)21-7-5-20(6-8-21)10-11-25-24(29)17-26-12-14-27(15-13-26)34(32,33)23-16-22(28(30)31)9-4-19(23)3/h4-9,16,18H,10-15,17H2,1-3H3,(H,25,29). The van der Waals surface area contributed by atoms with E-state index in [1.54, 1.807) is 6.92 Å². The number of hydrogen-bond donors (Lipinski definition) is 1. The summed E-state index contributed by atoms with van der Waals surface area (Å²) < 4.78 is 27.4. The van der Waals surface area contributed by atoms with E-state index >= 15 is 0 Å². The number of benzene rings is 2. The van der Waals surface area contributed by atoms with Gasteiger partial charge in [-0.2, -0.15) is 4.31 Å². The zero-order valence-electron chi connectivity index (χ0n) is 19.9. The van der Waals surface area contributed by atoms with Crippen LogP contribution in [0.5, 0.6) is 0 Å². The molecule has 1 aliphatic rings. The highest BCUT2D eigenvalue weighted by Crippen LogP contribution is 2.25. The summed E-state index contributed by atoms with van der Waals surface area (Å²) in [5.74, 6) is 0.393. The van der Waals surface area contributed by atoms with Gasteiger partial charge in [-0.3, -0.25) is 19.8 Å². The third-order valence-electron chi connectivity index (χ3n) is 6.08. The second kappa shape index (κ2) is 11.1. The van der Waals surface area contributed by atoms with Crippen LogP contribution in [-0.4, -0.2) is 67.7 Å². The topological polar surface area (TPSA) is 113 Å². The molecule has 0 bridgehead atoms. The van der Waals surface area contributed by atoms with Crippen molar-refractivity contribution in [2.75, 3.05) is 39.3 Å². The molecule has 1 N–H and O–H groups in total. The van der Waals surface area contributed by atoms with Crippen LogP contribution in [0, 0.1) is 17.0 Å². The zero-order chi connectivity index (χ0) is 24.9. The number of rotatable bonds is 9. The van der Waals surface area contributed by atoms with Crippen molar-refractivity contribution in [2.45, 2.75) is 38.0 Å². The molecule has 1 amide bonds. The summed E-state index contributed by atoms with van der Waals surface area (Å²) in [4.78, 5) is 24.7. The second-order valence-corrected chi connectivity index (χ2v) is 10.8. The lowest BCUT2D eigenvalue weighted by molar-refractivity contribution is -0.385. The van der Waals surface area contributed by atoms with Gasteiger partial charge in [-0.25, -0.2) is 8.42 Å². The Labute approximate surface area is 201 Å². The molecule has 0 aliphatic carbocycles. The fourth-order valence-electron chi connectivity index (χ4n) is 3.92. The number of nitrogens with one attached hydrogen (secondary N) is 1. The van der Waals surface area contributed by atoms with Gasteiger partial charge in [0.25, 0.3) is 5.69 Å². The number of sulfonamides is 1. The Morgan fingerprint density at radius 2 is 1.74 bits per heavy atom. The van der Waals surface area contributed by atoms with Gasteiger partial charge in [0, 0.05) is 44.9 Å². The van der Waals surface area contributed by atoms with Crippen molar-refractivity contribution in [3.8, 4) is 0 Å². The predicted molar refractivity (Wildman–Crippen MR) is 130 cm³/mol. The maximum atomic E-state index is 13.1. The van der Waals surface area contributed by atoms with Crippen molar-refractivity contribution < 1.29 is 18.1 Å². The summed E-state index contributed by atoms with van der Waals surface area (Å²) in [6, 6.07) is 12.3. The van der Waals surface area contributed by atoms with Crippen molar-refractivity contribution in [3.05, 3.63) is 69.3 Å². The number of carbonyl (C=O) groups excluding carboxylic acids is 1. The zero-order valence-corrected chi connectivity index (χ0v) is 20.7. The fourth-order valence-corrected chi connectivity index (χ4v) is 5.59. The number of nitro groups is 1. The first kappa shape index (κ1) is 25.8. The Morgan fingerprint density at radius 3 is 2.32 bits per heavy atom. The van der Waals surface area contributed by atoms with Crippen LogP contribution >= 0.6 is 0 Å². The average molecular weight is 489 g/mol. The first-order chi connectivity index (χ1) is 16.1. The van der Waals surface area contributed by atoms with Gasteiger partial charge in [0.2, 0.25) is 15.9 Å². The van der Waals surface area contributed by atoms with Gasteiger partial charge in [-0.1, -0.05) is 44.2 Å². The van der Waals surface area contributed by atoms with Crippen LogP contribution in [0.4, 0.5) is 5.69 Å². The predicted octanol–water partition coefficient (Wildman–Crippen LogP) is 2.69. The van der Waals surface area contributed by atoms with Crippen molar-refractivity contribution in [1.82, 2.24) is 14.5 Å². The summed E-state index contributed by atoms with van der Waals surface area (Å²) >= 11 is 0. The SMILES string of the molecule is Cc1ccc([N+](=O)[O-])cc1S(=O)(=O)N1CCN(CC(=O)NCCc2ccc(C(C)C)cc2)CC1. The van der Waals surface area contributed by atoms with Crippen molar-refractivity contribution in [3.63, 3.8) is 0 Å². The molecule has 9 nitrogen and oxygen atoms in total. The molecule has 10 heteroatoms. The van der Waals surface area contributed by atoms with Crippen LogP contribution in [0.15, 0.2) is 47.4 Å². The molecule has 0 spiro atoms. The third-order valence-corrected chi connectivity index (χ3v) is 8.12. The number of aryl methyl sites for hydroxylation is 1. The lowest BCUT2D eigenvalue weighted by Gasteiger charge is -2.33. The van der Waals surface area contributed by atoms with Crippen molar-refractivity contribution >= 4 is 21.6 Å². The van der Waals surface area contributed by atoms with Crippen LogP contribution < -0.4 is 5.32 Å². The lowest BCUT2D eigenvalue weighted by Crippen LogP contribution is -2.51. The van der Waals surface area contributed by atoms with Crippen LogP contribution in [0.25, 0.3) is 0 Å². The summed E-state index contributed by atoms with van der Waals surface area (Å²) in [6.45, 7) is 7.94. The van der Waals surface area contributed by atoms with Crippen LogP contribution in [0.1, 0.15) is 36.5 Å². The second-order valence-electron chi connectivity index (χ2n) is 8.88.